The Morgan fingerprint density at radius 2 is 1.00 bits per heavy atom. The van der Waals surface area contributed by atoms with Crippen LogP contribution in [0.5, 0.6) is 5.75 Å². The van der Waals surface area contributed by atoms with Crippen molar-refractivity contribution in [3.05, 3.63) is 84.9 Å². The minimum atomic E-state index is -0.589. The molecular weight excluding hydrogens is 395 g/mol. The second kappa shape index (κ2) is 13.1. The van der Waals surface area contributed by atoms with Gasteiger partial charge in [-0.25, -0.2) is 0 Å². The van der Waals surface area contributed by atoms with E-state index in [1.807, 2.05) is 12.1 Å². The van der Waals surface area contributed by atoms with Crippen LogP contribution in [0.4, 0.5) is 0 Å². The van der Waals surface area contributed by atoms with Crippen LogP contribution in [0.2, 0.25) is 0 Å². The Hall–Kier alpha value is -2.23. The first-order chi connectivity index (χ1) is 14.9. The molecule has 0 spiro atoms. The lowest BCUT2D eigenvalue weighted by Gasteiger charge is -2.19. The predicted molar refractivity (Wildman–Crippen MR) is 124 cm³/mol. The molecular formula is C25H29O4P. The lowest BCUT2D eigenvalue weighted by Crippen LogP contribution is -2.20. The highest BCUT2D eigenvalue weighted by atomic mass is 31.1. The van der Waals surface area contributed by atoms with E-state index < -0.39 is 7.92 Å². The summed E-state index contributed by atoms with van der Waals surface area (Å²) in [6, 6.07) is 29.8. The SMILES string of the molecule is COCCOCCOCCOc1ccc(P(c2ccccc2)c2ccccc2)cc1. The highest BCUT2D eigenvalue weighted by Gasteiger charge is 2.15. The second-order valence-corrected chi connectivity index (χ2v) is 8.79. The van der Waals surface area contributed by atoms with Gasteiger partial charge in [0, 0.05) is 7.11 Å². The van der Waals surface area contributed by atoms with E-state index >= 15 is 0 Å². The van der Waals surface area contributed by atoms with Gasteiger partial charge in [0.05, 0.1) is 33.0 Å². The van der Waals surface area contributed by atoms with Crippen molar-refractivity contribution in [2.75, 3.05) is 46.8 Å². The second-order valence-electron chi connectivity index (χ2n) is 6.57. The van der Waals surface area contributed by atoms with Crippen LogP contribution in [-0.4, -0.2) is 46.8 Å². The molecule has 4 nitrogen and oxygen atoms in total. The molecule has 0 atom stereocenters. The summed E-state index contributed by atoms with van der Waals surface area (Å²) in [4.78, 5) is 0. The maximum absolute atomic E-state index is 5.82. The van der Waals surface area contributed by atoms with Crippen LogP contribution in [0.3, 0.4) is 0 Å². The topological polar surface area (TPSA) is 36.9 Å². The zero-order valence-electron chi connectivity index (χ0n) is 17.4. The van der Waals surface area contributed by atoms with E-state index in [0.717, 1.165) is 5.75 Å². The average molecular weight is 424 g/mol. The van der Waals surface area contributed by atoms with Gasteiger partial charge in [-0.2, -0.15) is 0 Å². The molecule has 158 valence electrons. The molecule has 5 heteroatoms. The lowest BCUT2D eigenvalue weighted by atomic mass is 10.3. The van der Waals surface area contributed by atoms with E-state index in [4.69, 9.17) is 18.9 Å². The maximum atomic E-state index is 5.82. The quantitative estimate of drug-likeness (QED) is 0.311. The largest absolute Gasteiger partial charge is 0.491 e. The summed E-state index contributed by atoms with van der Waals surface area (Å²) in [7, 11) is 1.07. The van der Waals surface area contributed by atoms with Crippen molar-refractivity contribution in [1.29, 1.82) is 0 Å². The summed E-state index contributed by atoms with van der Waals surface area (Å²) in [5.41, 5.74) is 0. The Kier molecular flexibility index (Phi) is 9.84. The normalized spacial score (nSPS) is 11.0. The van der Waals surface area contributed by atoms with Crippen molar-refractivity contribution in [3.8, 4) is 5.75 Å². The molecule has 0 radical (unpaired) electrons. The van der Waals surface area contributed by atoms with Crippen LogP contribution in [0.15, 0.2) is 84.9 Å². The van der Waals surface area contributed by atoms with Crippen molar-refractivity contribution >= 4 is 23.8 Å². The van der Waals surface area contributed by atoms with Gasteiger partial charge >= 0.3 is 0 Å². The average Bonchev–Trinajstić information content (AvgIpc) is 2.81. The van der Waals surface area contributed by atoms with Gasteiger partial charge < -0.3 is 18.9 Å². The Morgan fingerprint density at radius 1 is 0.533 bits per heavy atom. The predicted octanol–water partition coefficient (Wildman–Crippen LogP) is 3.50. The first-order valence-electron chi connectivity index (χ1n) is 10.2. The Morgan fingerprint density at radius 3 is 1.53 bits per heavy atom. The van der Waals surface area contributed by atoms with Gasteiger partial charge in [0.15, 0.2) is 0 Å². The van der Waals surface area contributed by atoms with Crippen molar-refractivity contribution in [2.45, 2.75) is 0 Å². The fraction of sp³-hybridized carbons (Fsp3) is 0.280. The minimum Gasteiger partial charge on any atom is -0.491 e. The summed E-state index contributed by atoms with van der Waals surface area (Å²) in [6.07, 6.45) is 0. The number of benzene rings is 3. The Labute approximate surface area is 180 Å². The van der Waals surface area contributed by atoms with Gasteiger partial charge in [0.25, 0.3) is 0 Å². The molecule has 0 aliphatic heterocycles. The molecule has 0 fully saturated rings. The summed E-state index contributed by atoms with van der Waals surface area (Å²) >= 11 is 0. The highest BCUT2D eigenvalue weighted by molar-refractivity contribution is 7.79. The van der Waals surface area contributed by atoms with E-state index in [-0.39, 0.29) is 0 Å². The van der Waals surface area contributed by atoms with Crippen LogP contribution >= 0.6 is 7.92 Å². The molecule has 0 saturated heterocycles. The molecule has 3 aromatic carbocycles. The van der Waals surface area contributed by atoms with Gasteiger partial charge in [-0.3, -0.25) is 0 Å². The number of methoxy groups -OCH3 is 1. The maximum Gasteiger partial charge on any atom is 0.119 e. The molecule has 3 aromatic rings. The molecule has 0 amide bonds. The number of hydrogen-bond acceptors (Lipinski definition) is 4. The molecule has 0 heterocycles. The number of ether oxygens (including phenoxy) is 4. The van der Waals surface area contributed by atoms with Gasteiger partial charge in [-0.1, -0.05) is 72.8 Å². The monoisotopic (exact) mass is 424 g/mol. The van der Waals surface area contributed by atoms with Crippen LogP contribution in [-0.2, 0) is 14.2 Å². The summed E-state index contributed by atoms with van der Waals surface area (Å²) in [6.45, 7) is 3.39. The van der Waals surface area contributed by atoms with Gasteiger partial charge in [-0.05, 0) is 36.0 Å². The number of rotatable bonds is 13. The Balaban J connectivity index is 1.52. The van der Waals surface area contributed by atoms with Crippen LogP contribution < -0.4 is 20.7 Å². The highest BCUT2D eigenvalue weighted by Crippen LogP contribution is 2.33. The van der Waals surface area contributed by atoms with E-state index in [9.17, 15) is 0 Å². The van der Waals surface area contributed by atoms with Crippen LogP contribution in [0.1, 0.15) is 0 Å². The fourth-order valence-electron chi connectivity index (χ4n) is 2.98. The third-order valence-electron chi connectivity index (χ3n) is 4.42. The van der Waals surface area contributed by atoms with Crippen molar-refractivity contribution in [1.82, 2.24) is 0 Å². The molecule has 0 aromatic heterocycles. The van der Waals surface area contributed by atoms with E-state index in [0.29, 0.717) is 39.6 Å². The molecule has 3 rings (SSSR count). The van der Waals surface area contributed by atoms with Crippen molar-refractivity contribution in [2.24, 2.45) is 0 Å². The summed E-state index contributed by atoms with van der Waals surface area (Å²) in [5, 5.41) is 3.99. The smallest absolute Gasteiger partial charge is 0.119 e. The molecule has 0 unspecified atom stereocenters. The Bertz CT molecular complexity index is 785. The molecule has 0 saturated carbocycles. The van der Waals surface area contributed by atoms with Gasteiger partial charge in [0.1, 0.15) is 12.4 Å². The van der Waals surface area contributed by atoms with E-state index in [1.165, 1.54) is 15.9 Å². The first kappa shape index (κ1) is 22.5. The minimum absolute atomic E-state index is 0.517. The van der Waals surface area contributed by atoms with Gasteiger partial charge in [-0.15, -0.1) is 0 Å². The standard InChI is InChI=1S/C25H29O4P/c1-26-16-17-27-18-19-28-20-21-29-22-12-14-25(15-13-22)30(23-8-4-2-5-9-23)24-10-6-3-7-11-24/h2-15H,16-21H2,1H3. The number of hydrogen-bond donors (Lipinski definition) is 0. The molecule has 0 aliphatic carbocycles. The lowest BCUT2D eigenvalue weighted by molar-refractivity contribution is 0.0180. The van der Waals surface area contributed by atoms with E-state index in [2.05, 4.69) is 72.8 Å². The fourth-order valence-corrected chi connectivity index (χ4v) is 5.26. The summed E-state index contributed by atoms with van der Waals surface area (Å²) < 4.78 is 21.6. The van der Waals surface area contributed by atoms with Gasteiger partial charge in [0.2, 0.25) is 0 Å². The van der Waals surface area contributed by atoms with Crippen LogP contribution in [0.25, 0.3) is 0 Å². The third-order valence-corrected chi connectivity index (χ3v) is 6.87. The zero-order valence-corrected chi connectivity index (χ0v) is 18.3. The third kappa shape index (κ3) is 7.23. The molecule has 0 aliphatic rings. The van der Waals surface area contributed by atoms with Crippen molar-refractivity contribution in [3.63, 3.8) is 0 Å². The van der Waals surface area contributed by atoms with E-state index in [1.54, 1.807) is 7.11 Å². The van der Waals surface area contributed by atoms with Crippen LogP contribution in [0, 0.1) is 0 Å². The summed E-state index contributed by atoms with van der Waals surface area (Å²) in [5.74, 6) is 0.856. The molecule has 30 heavy (non-hydrogen) atoms. The first-order valence-corrected chi connectivity index (χ1v) is 11.5. The molecule has 0 N–H and O–H groups in total. The van der Waals surface area contributed by atoms with Crippen molar-refractivity contribution < 1.29 is 18.9 Å². The molecule has 0 bridgehead atoms. The zero-order chi connectivity index (χ0) is 20.9.